The van der Waals surface area contributed by atoms with Gasteiger partial charge in [0, 0.05) is 9.79 Å². The van der Waals surface area contributed by atoms with E-state index in [1.165, 1.54) is 20.9 Å². The van der Waals surface area contributed by atoms with E-state index in [-0.39, 0.29) is 16.2 Å². The third-order valence-corrected chi connectivity index (χ3v) is 8.89. The van der Waals surface area contributed by atoms with Crippen LogP contribution in [-0.2, 0) is 37.1 Å². The summed E-state index contributed by atoms with van der Waals surface area (Å²) in [6.07, 6.45) is 0. The Balaban J connectivity index is 0.000000384. The van der Waals surface area contributed by atoms with Crippen LogP contribution in [-0.4, -0.2) is 0 Å². The zero-order chi connectivity index (χ0) is 30.1. The molecule has 0 saturated carbocycles. The Morgan fingerprint density at radius 3 is 0.923 bits per heavy atom. The Hall–Kier alpha value is -0.900. The van der Waals surface area contributed by atoms with Crippen LogP contribution in [0.15, 0.2) is 87.5 Å². The van der Waals surface area contributed by atoms with Crippen LogP contribution >= 0.6 is 32.8 Å². The molecule has 3 rings (SSSR count). The molecule has 0 saturated heterocycles. The monoisotopic (exact) mass is 697 g/mol. The molecule has 0 aliphatic heterocycles. The Kier molecular flexibility index (Phi) is 14.2. The molecule has 3 aromatic rings. The third kappa shape index (κ3) is 13.5. The van der Waals surface area contributed by atoms with E-state index < -0.39 is 36.9 Å². The van der Waals surface area contributed by atoms with Gasteiger partial charge < -0.3 is 0 Å². The Morgan fingerprint density at radius 1 is 0.487 bits per heavy atom. The average Bonchev–Trinajstić information content (AvgIpc) is 2.82. The molecular formula is C30H39AgF5S3. The first-order valence-electron chi connectivity index (χ1n) is 12.2. The van der Waals surface area contributed by atoms with Crippen LogP contribution in [0.3, 0.4) is 0 Å². The number of rotatable bonds is 4. The summed E-state index contributed by atoms with van der Waals surface area (Å²) in [6.45, 7) is 19.4. The zero-order valence-electron chi connectivity index (χ0n) is 23.8. The maximum atomic E-state index is 12.3. The SMILES string of the molecule is CC(C)(C)c1ccc(S(F)(F)F)cc1.CC(C)(C)c1ccc(SSc2ccc(C(C)(C)C)cc2)cc1.[F][Ag][F]. The number of hydrogen-bond donors (Lipinski definition) is 0. The second-order valence-electron chi connectivity index (χ2n) is 11.9. The summed E-state index contributed by atoms with van der Waals surface area (Å²) in [4.78, 5) is 2.10. The van der Waals surface area contributed by atoms with Gasteiger partial charge in [0.1, 0.15) is 0 Å². The Morgan fingerprint density at radius 2 is 0.718 bits per heavy atom. The van der Waals surface area contributed by atoms with Gasteiger partial charge in [0.15, 0.2) is 0 Å². The summed E-state index contributed by atoms with van der Waals surface area (Å²) < 4.78 is 56.2. The molecule has 0 aromatic heterocycles. The normalized spacial score (nSPS) is 12.7. The molecule has 3 aromatic carbocycles. The first kappa shape index (κ1) is 36.1. The van der Waals surface area contributed by atoms with E-state index in [4.69, 9.17) is 0 Å². The van der Waals surface area contributed by atoms with Crippen molar-refractivity contribution in [2.45, 2.75) is 93.2 Å². The molecule has 0 unspecified atom stereocenters. The zero-order valence-corrected chi connectivity index (χ0v) is 27.8. The van der Waals surface area contributed by atoms with E-state index >= 15 is 0 Å². The van der Waals surface area contributed by atoms with Crippen molar-refractivity contribution in [1.29, 1.82) is 0 Å². The molecule has 0 fully saturated rings. The van der Waals surface area contributed by atoms with E-state index in [1.54, 1.807) is 12.1 Å². The van der Waals surface area contributed by atoms with Gasteiger partial charge in [-0.15, -0.1) is 11.7 Å². The van der Waals surface area contributed by atoms with Crippen LogP contribution in [0.25, 0.3) is 0 Å². The number of hydrogen-bond acceptors (Lipinski definition) is 2. The topological polar surface area (TPSA) is 0 Å². The summed E-state index contributed by atoms with van der Waals surface area (Å²) in [6, 6.07) is 23.3. The number of halogens is 5. The molecule has 9 heteroatoms. The predicted octanol–water partition coefficient (Wildman–Crippen LogP) is 12.7. The van der Waals surface area contributed by atoms with Gasteiger partial charge in [-0.3, -0.25) is 0 Å². The molecule has 0 heterocycles. The van der Waals surface area contributed by atoms with E-state index in [9.17, 15) is 17.7 Å². The van der Waals surface area contributed by atoms with Crippen LogP contribution in [0.2, 0.25) is 0 Å². The van der Waals surface area contributed by atoms with Gasteiger partial charge in [-0.1, -0.05) is 120 Å². The standard InChI is InChI=1S/C20H26S2.C10H13F3S.Ag.2FH/c1-19(2,3)15-7-11-17(12-8-15)21-22-18-13-9-16(10-14-18)20(4,5)6;1-10(2,3)8-4-6-9(7-5-8)14(11,12)13;;;/h7-14H,1-6H3;4-7H,1-3H3;;2*1H/q;;+2;;/p-2. The van der Waals surface area contributed by atoms with Crippen LogP contribution in [0.5, 0.6) is 0 Å². The van der Waals surface area contributed by atoms with E-state index in [2.05, 4.69) is 90.1 Å². The summed E-state index contributed by atoms with van der Waals surface area (Å²) >= 11 is -7.00. The van der Waals surface area contributed by atoms with Crippen molar-refractivity contribution in [3.05, 3.63) is 89.5 Å². The van der Waals surface area contributed by atoms with E-state index in [0.29, 0.717) is 0 Å². The molecule has 223 valence electrons. The fraction of sp³-hybridized carbons (Fsp3) is 0.400. The molecule has 0 amide bonds. The van der Waals surface area contributed by atoms with Gasteiger partial charge in [0.2, 0.25) is 11.2 Å². The van der Waals surface area contributed by atoms with Crippen molar-refractivity contribution in [3.8, 4) is 0 Å². The van der Waals surface area contributed by atoms with Gasteiger partial charge in [-0.25, -0.2) is 0 Å². The quantitative estimate of drug-likeness (QED) is 0.151. The average molecular weight is 699 g/mol. The van der Waals surface area contributed by atoms with Gasteiger partial charge >= 0.3 is 26.9 Å². The molecule has 0 aliphatic carbocycles. The summed E-state index contributed by atoms with van der Waals surface area (Å²) in [5.74, 6) is 0. The third-order valence-electron chi connectivity index (χ3n) is 5.66. The molecule has 0 nitrogen and oxygen atoms in total. The summed E-state index contributed by atoms with van der Waals surface area (Å²) in [5, 5.41) is 0. The number of benzene rings is 3. The minimum absolute atomic E-state index is 0.0978. The van der Waals surface area contributed by atoms with Crippen molar-refractivity contribution >= 4 is 32.8 Å². The molecular weight excluding hydrogens is 659 g/mol. The van der Waals surface area contributed by atoms with Crippen molar-refractivity contribution < 1.29 is 38.6 Å². The maximum absolute atomic E-state index is 12.3. The van der Waals surface area contributed by atoms with Crippen LogP contribution in [0.4, 0.5) is 17.7 Å². The van der Waals surface area contributed by atoms with Gasteiger partial charge in [0.25, 0.3) is 0 Å². The van der Waals surface area contributed by atoms with Crippen molar-refractivity contribution in [3.63, 3.8) is 0 Å². The summed E-state index contributed by atoms with van der Waals surface area (Å²) in [7, 11) is 3.65. The molecule has 0 atom stereocenters. The molecule has 0 spiro atoms. The first-order valence-corrected chi connectivity index (χ1v) is 16.8. The first-order chi connectivity index (χ1) is 17.8. The molecule has 39 heavy (non-hydrogen) atoms. The second kappa shape index (κ2) is 15.4. The van der Waals surface area contributed by atoms with Crippen LogP contribution < -0.4 is 0 Å². The van der Waals surface area contributed by atoms with Gasteiger partial charge in [-0.2, -0.15) is 0 Å². The molecule has 0 N–H and O–H groups in total. The van der Waals surface area contributed by atoms with Crippen molar-refractivity contribution in [1.82, 2.24) is 0 Å². The van der Waals surface area contributed by atoms with Gasteiger partial charge in [0.05, 0.1) is 4.90 Å². The molecule has 0 aliphatic rings. The van der Waals surface area contributed by atoms with Crippen molar-refractivity contribution in [2.24, 2.45) is 0 Å². The van der Waals surface area contributed by atoms with E-state index in [1.807, 2.05) is 42.4 Å². The van der Waals surface area contributed by atoms with Crippen LogP contribution in [0.1, 0.15) is 79.0 Å². The van der Waals surface area contributed by atoms with Gasteiger partial charge in [-0.05, 0) is 69.3 Å². The minimum atomic E-state index is -5.07. The van der Waals surface area contributed by atoms with Crippen LogP contribution in [0, 0.1) is 0 Å². The summed E-state index contributed by atoms with van der Waals surface area (Å²) in [5.41, 5.74) is 4.04. The fourth-order valence-corrected chi connectivity index (χ4v) is 5.60. The molecule has 0 radical (unpaired) electrons. The fourth-order valence-electron chi connectivity index (χ4n) is 3.23. The van der Waals surface area contributed by atoms with Crippen molar-refractivity contribution in [2.75, 3.05) is 0 Å². The Bertz CT molecular complexity index is 1020. The molecule has 0 bridgehead atoms. The Labute approximate surface area is 252 Å². The second-order valence-corrected chi connectivity index (χ2v) is 15.7. The van der Waals surface area contributed by atoms with E-state index in [0.717, 1.165) is 17.7 Å². The predicted molar refractivity (Wildman–Crippen MR) is 159 cm³/mol.